The molecule has 1 saturated carbocycles. The molecule has 0 bridgehead atoms. The second kappa shape index (κ2) is 5.48. The van der Waals surface area contributed by atoms with Gasteiger partial charge < -0.3 is 10.4 Å². The second-order valence-corrected chi connectivity index (χ2v) is 5.21. The zero-order valence-corrected chi connectivity index (χ0v) is 11.2. The molecule has 1 amide bonds. The fourth-order valence-corrected chi connectivity index (χ4v) is 2.58. The number of aromatic nitrogens is 1. The van der Waals surface area contributed by atoms with Gasteiger partial charge in [-0.2, -0.15) is 0 Å². The summed E-state index contributed by atoms with van der Waals surface area (Å²) < 4.78 is 0.635. The van der Waals surface area contributed by atoms with Crippen molar-refractivity contribution in [2.45, 2.75) is 25.3 Å². The number of nitrogens with one attached hydrogen (secondary N) is 1. The van der Waals surface area contributed by atoms with Crippen molar-refractivity contribution in [3.63, 3.8) is 0 Å². The molecule has 1 aromatic heterocycles. The largest absolute Gasteiger partial charge is 0.481 e. The number of nitrogens with zero attached hydrogens (tertiary/aromatic N) is 1. The van der Waals surface area contributed by atoms with E-state index in [2.05, 4.69) is 26.2 Å². The Labute approximate surface area is 113 Å². The van der Waals surface area contributed by atoms with Gasteiger partial charge in [-0.15, -0.1) is 0 Å². The van der Waals surface area contributed by atoms with Crippen LogP contribution in [0.15, 0.2) is 22.8 Å². The van der Waals surface area contributed by atoms with Crippen LogP contribution in [0.4, 0.5) is 0 Å². The predicted octanol–water partition coefficient (Wildman–Crippen LogP) is 1.83. The lowest BCUT2D eigenvalue weighted by Crippen LogP contribution is -2.34. The van der Waals surface area contributed by atoms with E-state index in [4.69, 9.17) is 5.11 Å². The van der Waals surface area contributed by atoms with Crippen LogP contribution in [0.5, 0.6) is 0 Å². The van der Waals surface area contributed by atoms with Crippen molar-refractivity contribution >= 4 is 27.8 Å². The molecule has 1 aromatic rings. The van der Waals surface area contributed by atoms with Gasteiger partial charge in [0.2, 0.25) is 0 Å². The van der Waals surface area contributed by atoms with Crippen LogP contribution in [0.1, 0.15) is 29.8 Å². The van der Waals surface area contributed by atoms with Crippen molar-refractivity contribution in [1.82, 2.24) is 10.3 Å². The number of carbonyl (C=O) groups excluding carboxylic acids is 1. The molecule has 1 fully saturated rings. The number of carbonyl (C=O) groups is 2. The first kappa shape index (κ1) is 13.0. The van der Waals surface area contributed by atoms with Gasteiger partial charge in [0.15, 0.2) is 0 Å². The molecule has 0 aromatic carbocycles. The van der Waals surface area contributed by atoms with Gasteiger partial charge in [-0.3, -0.25) is 9.59 Å². The molecule has 0 aliphatic heterocycles. The topological polar surface area (TPSA) is 79.3 Å². The third-order valence-corrected chi connectivity index (χ3v) is 3.73. The Morgan fingerprint density at radius 2 is 2.22 bits per heavy atom. The van der Waals surface area contributed by atoms with Gasteiger partial charge in [-0.05, 0) is 47.3 Å². The fraction of sp³-hybridized carbons (Fsp3) is 0.417. The van der Waals surface area contributed by atoms with Crippen molar-refractivity contribution in [2.75, 3.05) is 0 Å². The first-order chi connectivity index (χ1) is 8.58. The van der Waals surface area contributed by atoms with Crippen LogP contribution in [0.25, 0.3) is 0 Å². The molecule has 0 radical (unpaired) electrons. The Hall–Kier alpha value is -1.43. The lowest BCUT2D eigenvalue weighted by atomic mass is 10.1. The molecule has 0 spiro atoms. The van der Waals surface area contributed by atoms with Gasteiger partial charge in [0, 0.05) is 16.7 Å². The molecule has 0 saturated heterocycles. The van der Waals surface area contributed by atoms with E-state index < -0.39 is 5.97 Å². The number of carboxylic acids is 1. The van der Waals surface area contributed by atoms with Crippen LogP contribution in [0.2, 0.25) is 0 Å². The monoisotopic (exact) mass is 312 g/mol. The number of aliphatic carboxylic acids is 1. The normalized spacial score (nSPS) is 22.7. The SMILES string of the molecule is O=C(NC1CCC(C(=O)O)C1)c1ncccc1Br. The lowest BCUT2D eigenvalue weighted by Gasteiger charge is -2.12. The van der Waals surface area contributed by atoms with E-state index in [-0.39, 0.29) is 17.9 Å². The summed E-state index contributed by atoms with van der Waals surface area (Å²) in [5.41, 5.74) is 0.330. The van der Waals surface area contributed by atoms with E-state index in [9.17, 15) is 9.59 Å². The third-order valence-electron chi connectivity index (χ3n) is 3.09. The van der Waals surface area contributed by atoms with Crippen molar-refractivity contribution in [1.29, 1.82) is 0 Å². The zero-order valence-electron chi connectivity index (χ0n) is 9.60. The average Bonchev–Trinajstić information content (AvgIpc) is 2.78. The summed E-state index contributed by atoms with van der Waals surface area (Å²) in [7, 11) is 0. The van der Waals surface area contributed by atoms with Gasteiger partial charge >= 0.3 is 5.97 Å². The fourth-order valence-electron chi connectivity index (χ4n) is 2.14. The van der Waals surface area contributed by atoms with Gasteiger partial charge in [0.25, 0.3) is 5.91 Å². The molecule has 1 aliphatic rings. The second-order valence-electron chi connectivity index (χ2n) is 4.35. The Morgan fingerprint density at radius 3 is 2.83 bits per heavy atom. The summed E-state index contributed by atoms with van der Waals surface area (Å²) in [5.74, 6) is -1.40. The zero-order chi connectivity index (χ0) is 13.1. The molecule has 6 heteroatoms. The van der Waals surface area contributed by atoms with Gasteiger partial charge in [-0.1, -0.05) is 0 Å². The van der Waals surface area contributed by atoms with Crippen molar-refractivity contribution in [3.05, 3.63) is 28.5 Å². The Balaban J connectivity index is 1.97. The number of pyridine rings is 1. The molecular weight excluding hydrogens is 300 g/mol. The van der Waals surface area contributed by atoms with Crippen LogP contribution < -0.4 is 5.32 Å². The van der Waals surface area contributed by atoms with E-state index in [1.165, 1.54) is 0 Å². The quantitative estimate of drug-likeness (QED) is 0.892. The number of halogens is 1. The van der Waals surface area contributed by atoms with Crippen LogP contribution >= 0.6 is 15.9 Å². The number of carboxylic acid groups (broad SMARTS) is 1. The van der Waals surface area contributed by atoms with Crippen molar-refractivity contribution < 1.29 is 14.7 Å². The highest BCUT2D eigenvalue weighted by atomic mass is 79.9. The maximum atomic E-state index is 11.9. The number of hydrogen-bond acceptors (Lipinski definition) is 3. The third kappa shape index (κ3) is 2.87. The van der Waals surface area contributed by atoms with E-state index in [0.29, 0.717) is 29.4 Å². The molecule has 96 valence electrons. The highest BCUT2D eigenvalue weighted by molar-refractivity contribution is 9.10. The van der Waals surface area contributed by atoms with Crippen LogP contribution in [0.3, 0.4) is 0 Å². The van der Waals surface area contributed by atoms with Crippen LogP contribution in [0, 0.1) is 5.92 Å². The Morgan fingerprint density at radius 1 is 1.44 bits per heavy atom. The number of amides is 1. The molecule has 2 atom stereocenters. The minimum atomic E-state index is -0.786. The molecule has 5 nitrogen and oxygen atoms in total. The number of rotatable bonds is 3. The van der Waals surface area contributed by atoms with E-state index >= 15 is 0 Å². The van der Waals surface area contributed by atoms with Crippen molar-refractivity contribution in [2.24, 2.45) is 5.92 Å². The summed E-state index contributed by atoms with van der Waals surface area (Å²) >= 11 is 3.26. The standard InChI is InChI=1S/C12H13BrN2O3/c13-9-2-1-5-14-10(9)11(16)15-8-4-3-7(6-8)12(17)18/h1-2,5,7-8H,3-4,6H2,(H,15,16)(H,17,18). The van der Waals surface area contributed by atoms with Gasteiger partial charge in [0.05, 0.1) is 5.92 Å². The maximum absolute atomic E-state index is 11.9. The van der Waals surface area contributed by atoms with E-state index in [1.807, 2.05) is 0 Å². The Bertz CT molecular complexity index is 478. The van der Waals surface area contributed by atoms with Crippen LogP contribution in [-0.4, -0.2) is 28.0 Å². The molecular formula is C12H13BrN2O3. The van der Waals surface area contributed by atoms with Crippen LogP contribution in [-0.2, 0) is 4.79 Å². The first-order valence-electron chi connectivity index (χ1n) is 5.72. The van der Waals surface area contributed by atoms with Gasteiger partial charge in [-0.25, -0.2) is 4.98 Å². The Kier molecular flexibility index (Phi) is 3.96. The average molecular weight is 313 g/mol. The van der Waals surface area contributed by atoms with Gasteiger partial charge in [0.1, 0.15) is 5.69 Å². The summed E-state index contributed by atoms with van der Waals surface area (Å²) in [6.45, 7) is 0. The lowest BCUT2D eigenvalue weighted by molar-refractivity contribution is -0.141. The van der Waals surface area contributed by atoms with E-state index in [1.54, 1.807) is 18.3 Å². The molecule has 1 heterocycles. The summed E-state index contributed by atoms with van der Waals surface area (Å²) in [6, 6.07) is 3.40. The molecule has 2 N–H and O–H groups in total. The summed E-state index contributed by atoms with van der Waals surface area (Å²) in [4.78, 5) is 26.8. The minimum Gasteiger partial charge on any atom is -0.481 e. The highest BCUT2D eigenvalue weighted by Crippen LogP contribution is 2.26. The molecule has 1 aliphatic carbocycles. The highest BCUT2D eigenvalue weighted by Gasteiger charge is 2.31. The summed E-state index contributed by atoms with van der Waals surface area (Å²) in [5, 5.41) is 11.7. The maximum Gasteiger partial charge on any atom is 0.306 e. The molecule has 18 heavy (non-hydrogen) atoms. The smallest absolute Gasteiger partial charge is 0.306 e. The summed E-state index contributed by atoms with van der Waals surface area (Å²) in [6.07, 6.45) is 3.36. The predicted molar refractivity (Wildman–Crippen MR) is 68.2 cm³/mol. The van der Waals surface area contributed by atoms with Crippen molar-refractivity contribution in [3.8, 4) is 0 Å². The van der Waals surface area contributed by atoms with E-state index in [0.717, 1.165) is 0 Å². The number of hydrogen-bond donors (Lipinski definition) is 2. The molecule has 2 rings (SSSR count). The first-order valence-corrected chi connectivity index (χ1v) is 6.51. The minimum absolute atomic E-state index is 0.0764. The molecule has 2 unspecified atom stereocenters.